The van der Waals surface area contributed by atoms with E-state index in [2.05, 4.69) is 0 Å². The van der Waals surface area contributed by atoms with Gasteiger partial charge in [-0.1, -0.05) is 11.6 Å². The molecule has 7 heteroatoms. The van der Waals surface area contributed by atoms with Crippen molar-refractivity contribution < 1.29 is 22.7 Å². The van der Waals surface area contributed by atoms with Gasteiger partial charge in [0.1, 0.15) is 12.0 Å². The van der Waals surface area contributed by atoms with Crippen molar-refractivity contribution >= 4 is 29.6 Å². The van der Waals surface area contributed by atoms with Gasteiger partial charge >= 0.3 is 5.51 Å². The predicted molar refractivity (Wildman–Crippen MR) is 60.8 cm³/mol. The van der Waals surface area contributed by atoms with Gasteiger partial charge in [0.25, 0.3) is 0 Å². The van der Waals surface area contributed by atoms with E-state index in [1.807, 2.05) is 0 Å². The van der Waals surface area contributed by atoms with Crippen LogP contribution >= 0.6 is 23.4 Å². The number of carbonyl (C=O) groups excluding carboxylic acids is 1. The van der Waals surface area contributed by atoms with Crippen molar-refractivity contribution in [1.29, 1.82) is 0 Å². The Kier molecular flexibility index (Phi) is 5.14. The number of hydrogen-bond acceptors (Lipinski definition) is 3. The van der Waals surface area contributed by atoms with Crippen molar-refractivity contribution in [2.75, 3.05) is 12.4 Å². The van der Waals surface area contributed by atoms with Crippen LogP contribution in [0.5, 0.6) is 5.75 Å². The largest absolute Gasteiger partial charge is 0.491 e. The second kappa shape index (κ2) is 6.16. The third kappa shape index (κ3) is 5.32. The Bertz CT molecular complexity index is 396. The minimum atomic E-state index is -4.26. The summed E-state index contributed by atoms with van der Waals surface area (Å²) in [6.45, 7) is -0.107. The number of rotatable bonds is 5. The first-order chi connectivity index (χ1) is 7.92. The molecular formula is C10H8ClF3O2S. The summed E-state index contributed by atoms with van der Waals surface area (Å²) in [5.74, 6) is 0.0509. The topological polar surface area (TPSA) is 26.3 Å². The Balaban J connectivity index is 2.44. The van der Waals surface area contributed by atoms with Gasteiger partial charge in [-0.15, -0.1) is 0 Å². The van der Waals surface area contributed by atoms with Gasteiger partial charge in [-0.25, -0.2) is 0 Å². The molecule has 0 saturated carbocycles. The summed E-state index contributed by atoms with van der Waals surface area (Å²) in [7, 11) is 0. The molecular weight excluding hydrogens is 277 g/mol. The van der Waals surface area contributed by atoms with Gasteiger partial charge in [0.2, 0.25) is 0 Å². The van der Waals surface area contributed by atoms with E-state index in [0.717, 1.165) is 0 Å². The maximum absolute atomic E-state index is 11.8. The summed E-state index contributed by atoms with van der Waals surface area (Å²) in [6, 6.07) is 4.32. The van der Waals surface area contributed by atoms with Crippen molar-refractivity contribution in [3.05, 3.63) is 28.8 Å². The first-order valence-corrected chi connectivity index (χ1v) is 5.87. The minimum Gasteiger partial charge on any atom is -0.491 e. The zero-order valence-electron chi connectivity index (χ0n) is 8.46. The van der Waals surface area contributed by atoms with Crippen LogP contribution in [0.3, 0.4) is 0 Å². The molecule has 0 aliphatic heterocycles. The van der Waals surface area contributed by atoms with Crippen molar-refractivity contribution in [1.82, 2.24) is 0 Å². The van der Waals surface area contributed by atoms with Gasteiger partial charge in [-0.2, -0.15) is 13.2 Å². The summed E-state index contributed by atoms with van der Waals surface area (Å²) in [4.78, 5) is 10.4. The number of carbonyl (C=O) groups is 1. The molecule has 0 radical (unpaired) electrons. The lowest BCUT2D eigenvalue weighted by atomic mass is 10.2. The number of thioether (sulfide) groups is 1. The van der Waals surface area contributed by atoms with Crippen molar-refractivity contribution in [3.63, 3.8) is 0 Å². The Morgan fingerprint density at radius 3 is 2.65 bits per heavy atom. The van der Waals surface area contributed by atoms with E-state index in [4.69, 9.17) is 16.3 Å². The van der Waals surface area contributed by atoms with Gasteiger partial charge in [0, 0.05) is 11.3 Å². The molecule has 0 aliphatic rings. The molecule has 1 aromatic rings. The van der Waals surface area contributed by atoms with Crippen LogP contribution in [0.1, 0.15) is 10.4 Å². The van der Waals surface area contributed by atoms with Gasteiger partial charge in [0.15, 0.2) is 0 Å². The number of halogens is 4. The van der Waals surface area contributed by atoms with Crippen LogP contribution in [0, 0.1) is 0 Å². The lowest BCUT2D eigenvalue weighted by Gasteiger charge is -2.09. The molecule has 17 heavy (non-hydrogen) atoms. The third-order valence-electron chi connectivity index (χ3n) is 1.70. The van der Waals surface area contributed by atoms with Gasteiger partial charge in [-0.05, 0) is 30.0 Å². The van der Waals surface area contributed by atoms with Crippen molar-refractivity contribution in [2.24, 2.45) is 0 Å². The van der Waals surface area contributed by atoms with Crippen molar-refractivity contribution in [2.45, 2.75) is 5.51 Å². The summed E-state index contributed by atoms with van der Waals surface area (Å²) in [5.41, 5.74) is -3.87. The highest BCUT2D eigenvalue weighted by Gasteiger charge is 2.27. The molecule has 0 heterocycles. The minimum absolute atomic E-state index is 0.107. The molecule has 0 atom stereocenters. The van der Waals surface area contributed by atoms with E-state index < -0.39 is 5.51 Å². The molecule has 0 aromatic heterocycles. The Morgan fingerprint density at radius 1 is 1.41 bits per heavy atom. The van der Waals surface area contributed by atoms with Crippen LogP contribution in [0.4, 0.5) is 13.2 Å². The smallest absolute Gasteiger partial charge is 0.441 e. The summed E-state index contributed by atoms with van der Waals surface area (Å²) in [6.07, 6.45) is 0.620. The fraction of sp³-hybridized carbons (Fsp3) is 0.300. The highest BCUT2D eigenvalue weighted by Crippen LogP contribution is 2.30. The standard InChI is InChI=1S/C10H8ClF3O2S/c11-8-5-7(6-15)1-2-9(8)16-3-4-17-10(12,13)14/h1-2,5-6H,3-4H2. The molecule has 1 rings (SSSR count). The molecule has 94 valence electrons. The van der Waals surface area contributed by atoms with E-state index in [1.54, 1.807) is 0 Å². The normalized spacial score (nSPS) is 11.3. The van der Waals surface area contributed by atoms with E-state index in [-0.39, 0.29) is 34.9 Å². The number of aldehydes is 1. The summed E-state index contributed by atoms with van der Waals surface area (Å²) >= 11 is 5.61. The fourth-order valence-corrected chi connectivity index (χ4v) is 1.66. The molecule has 0 saturated heterocycles. The molecule has 0 amide bonds. The lowest BCUT2D eigenvalue weighted by Crippen LogP contribution is -2.07. The molecule has 0 bridgehead atoms. The number of benzene rings is 1. The molecule has 2 nitrogen and oxygen atoms in total. The molecule has 0 aliphatic carbocycles. The maximum atomic E-state index is 11.8. The highest BCUT2D eigenvalue weighted by atomic mass is 35.5. The molecule has 0 spiro atoms. The zero-order chi connectivity index (χ0) is 12.9. The van der Waals surface area contributed by atoms with Crippen LogP contribution in [0.25, 0.3) is 0 Å². The Morgan fingerprint density at radius 2 is 2.12 bits per heavy atom. The maximum Gasteiger partial charge on any atom is 0.441 e. The highest BCUT2D eigenvalue weighted by molar-refractivity contribution is 8.00. The van der Waals surface area contributed by atoms with Crippen LogP contribution < -0.4 is 4.74 Å². The number of alkyl halides is 3. The quantitative estimate of drug-likeness (QED) is 0.608. The molecule has 0 N–H and O–H groups in total. The van der Waals surface area contributed by atoms with Crippen LogP contribution in [0.2, 0.25) is 5.02 Å². The first-order valence-electron chi connectivity index (χ1n) is 4.50. The molecule has 0 fully saturated rings. The van der Waals surface area contributed by atoms with Gasteiger partial charge in [-0.3, -0.25) is 4.79 Å². The van der Waals surface area contributed by atoms with E-state index in [0.29, 0.717) is 11.8 Å². The van der Waals surface area contributed by atoms with Crippen molar-refractivity contribution in [3.8, 4) is 5.75 Å². The van der Waals surface area contributed by atoms with E-state index in [9.17, 15) is 18.0 Å². The zero-order valence-corrected chi connectivity index (χ0v) is 10.0. The number of ether oxygens (including phenoxy) is 1. The SMILES string of the molecule is O=Cc1ccc(OCCSC(F)(F)F)c(Cl)c1. The fourth-order valence-electron chi connectivity index (χ4n) is 1.02. The third-order valence-corrected chi connectivity index (χ3v) is 2.69. The molecule has 1 aromatic carbocycles. The van der Waals surface area contributed by atoms with Gasteiger partial charge in [0.05, 0.1) is 11.6 Å². The second-order valence-electron chi connectivity index (χ2n) is 2.95. The second-order valence-corrected chi connectivity index (χ2v) is 4.52. The van der Waals surface area contributed by atoms with Crippen LogP contribution in [-0.4, -0.2) is 24.2 Å². The average Bonchev–Trinajstić information content (AvgIpc) is 2.24. The first kappa shape index (κ1) is 14.2. The predicted octanol–water partition coefficient (Wildman–Crippen LogP) is 3.78. The summed E-state index contributed by atoms with van der Waals surface area (Å²) in [5, 5.41) is 0.201. The van der Waals surface area contributed by atoms with Gasteiger partial charge < -0.3 is 4.74 Å². The summed E-state index contributed by atoms with van der Waals surface area (Å²) < 4.78 is 40.5. The van der Waals surface area contributed by atoms with E-state index in [1.165, 1.54) is 18.2 Å². The number of hydrogen-bond donors (Lipinski definition) is 0. The van der Waals surface area contributed by atoms with E-state index >= 15 is 0 Å². The van der Waals surface area contributed by atoms with Crippen LogP contribution in [-0.2, 0) is 0 Å². The Labute approximate surface area is 105 Å². The monoisotopic (exact) mass is 284 g/mol. The van der Waals surface area contributed by atoms with Crippen LogP contribution in [0.15, 0.2) is 18.2 Å². The lowest BCUT2D eigenvalue weighted by molar-refractivity contribution is -0.0329. The molecule has 0 unspecified atom stereocenters. The Hall–Kier alpha value is -0.880. The average molecular weight is 285 g/mol.